The first-order valence-corrected chi connectivity index (χ1v) is 4.77. The average Bonchev–Trinajstić information content (AvgIpc) is 2.26. The second-order valence-electron chi connectivity index (χ2n) is 3.12. The number of hydrogen-bond acceptors (Lipinski definition) is 2. The fourth-order valence-corrected chi connectivity index (χ4v) is 1.31. The minimum absolute atomic E-state index is 0.946. The lowest BCUT2D eigenvalue weighted by Crippen LogP contribution is -1.83. The van der Waals surface area contributed by atoms with Crippen LogP contribution in [-0.2, 0) is 0 Å². The normalized spacial score (nSPS) is 11.2. The second-order valence-corrected chi connectivity index (χ2v) is 3.12. The molecule has 70 valence electrons. The van der Waals surface area contributed by atoms with E-state index in [0.29, 0.717) is 0 Å². The summed E-state index contributed by atoms with van der Waals surface area (Å²) >= 11 is 0. The van der Waals surface area contributed by atoms with Crippen molar-refractivity contribution < 1.29 is 0 Å². The number of aromatic nitrogens is 2. The Balaban J connectivity index is 2.46. The molecule has 0 atom stereocenters. The largest absolute Gasteiger partial charge is 0.255 e. The molecule has 2 nitrogen and oxygen atoms in total. The molecule has 2 rings (SSSR count). The molecule has 0 aromatic carbocycles. The molecule has 2 aromatic heterocycles. The van der Waals surface area contributed by atoms with E-state index in [1.54, 1.807) is 6.20 Å². The molecule has 0 N–H and O–H groups in total. The fourth-order valence-electron chi connectivity index (χ4n) is 1.31. The Morgan fingerprint density at radius 1 is 1.29 bits per heavy atom. The molecule has 2 heterocycles. The minimum atomic E-state index is 0.946. The highest BCUT2D eigenvalue weighted by molar-refractivity contribution is 5.76. The third kappa shape index (κ3) is 1.79. The highest BCUT2D eigenvalue weighted by Gasteiger charge is 1.94. The van der Waals surface area contributed by atoms with E-state index in [2.05, 4.69) is 35.1 Å². The van der Waals surface area contributed by atoms with Crippen molar-refractivity contribution in [2.24, 2.45) is 0 Å². The van der Waals surface area contributed by atoms with E-state index in [-0.39, 0.29) is 0 Å². The Hall–Kier alpha value is -1.70. The zero-order valence-electron chi connectivity index (χ0n) is 8.14. The van der Waals surface area contributed by atoms with Crippen molar-refractivity contribution in [3.05, 3.63) is 42.2 Å². The van der Waals surface area contributed by atoms with E-state index in [4.69, 9.17) is 0 Å². The van der Waals surface area contributed by atoms with Crippen molar-refractivity contribution >= 4 is 17.1 Å². The summed E-state index contributed by atoms with van der Waals surface area (Å²) in [5.74, 6) is 0. The third-order valence-corrected chi connectivity index (χ3v) is 2.02. The number of nitrogens with zero attached hydrogens (tertiary/aromatic N) is 2. The van der Waals surface area contributed by atoms with E-state index in [9.17, 15) is 0 Å². The Morgan fingerprint density at radius 3 is 3.07 bits per heavy atom. The number of pyridine rings is 2. The molecule has 0 aliphatic rings. The standard InChI is InChI=1S/C12H12N2/c1-2-3-5-10-8-12-11(14-9-10)6-4-7-13-12/h3-9H,2H2,1H3/b5-3+. The van der Waals surface area contributed by atoms with Crippen LogP contribution < -0.4 is 0 Å². The maximum absolute atomic E-state index is 4.32. The molecule has 14 heavy (non-hydrogen) atoms. The molecular formula is C12H12N2. The Morgan fingerprint density at radius 2 is 2.21 bits per heavy atom. The summed E-state index contributed by atoms with van der Waals surface area (Å²) in [7, 11) is 0. The second kappa shape index (κ2) is 4.01. The third-order valence-electron chi connectivity index (χ3n) is 2.02. The maximum Gasteiger partial charge on any atom is 0.0892 e. The van der Waals surface area contributed by atoms with E-state index >= 15 is 0 Å². The Labute approximate surface area is 83.3 Å². The predicted molar refractivity (Wildman–Crippen MR) is 58.9 cm³/mol. The van der Waals surface area contributed by atoms with Crippen molar-refractivity contribution in [2.75, 3.05) is 0 Å². The van der Waals surface area contributed by atoms with E-state index in [1.807, 2.05) is 18.3 Å². The first-order chi connectivity index (χ1) is 6.90. The molecule has 0 bridgehead atoms. The van der Waals surface area contributed by atoms with Crippen molar-refractivity contribution in [2.45, 2.75) is 13.3 Å². The molecule has 0 saturated heterocycles. The van der Waals surface area contributed by atoms with Crippen LogP contribution in [0.2, 0.25) is 0 Å². The quantitative estimate of drug-likeness (QED) is 0.716. The van der Waals surface area contributed by atoms with Crippen LogP contribution in [0.15, 0.2) is 36.7 Å². The van der Waals surface area contributed by atoms with Crippen LogP contribution in [0.25, 0.3) is 17.1 Å². The van der Waals surface area contributed by atoms with Gasteiger partial charge in [-0.3, -0.25) is 9.97 Å². The number of allylic oxidation sites excluding steroid dienone is 1. The number of hydrogen-bond donors (Lipinski definition) is 0. The van der Waals surface area contributed by atoms with Crippen LogP contribution in [0.4, 0.5) is 0 Å². The zero-order valence-corrected chi connectivity index (χ0v) is 8.14. The van der Waals surface area contributed by atoms with Crippen molar-refractivity contribution in [1.29, 1.82) is 0 Å². The fraction of sp³-hybridized carbons (Fsp3) is 0.167. The summed E-state index contributed by atoms with van der Waals surface area (Å²) in [5, 5.41) is 0. The van der Waals surface area contributed by atoms with Crippen LogP contribution in [0, 0.1) is 0 Å². The van der Waals surface area contributed by atoms with Gasteiger partial charge < -0.3 is 0 Å². The van der Waals surface area contributed by atoms with Crippen molar-refractivity contribution in [3.63, 3.8) is 0 Å². The van der Waals surface area contributed by atoms with Crippen LogP contribution >= 0.6 is 0 Å². The lowest BCUT2D eigenvalue weighted by atomic mass is 10.2. The average molecular weight is 184 g/mol. The maximum atomic E-state index is 4.32. The molecule has 0 aliphatic carbocycles. The molecule has 0 fully saturated rings. The summed E-state index contributed by atoms with van der Waals surface area (Å²) in [6.45, 7) is 2.11. The summed E-state index contributed by atoms with van der Waals surface area (Å²) in [6.07, 6.45) is 8.89. The Kier molecular flexibility index (Phi) is 2.54. The first kappa shape index (κ1) is 8.88. The lowest BCUT2D eigenvalue weighted by Gasteiger charge is -1.96. The van der Waals surface area contributed by atoms with Crippen LogP contribution in [0.1, 0.15) is 18.9 Å². The molecule has 2 heteroatoms. The monoisotopic (exact) mass is 184 g/mol. The van der Waals surface area contributed by atoms with E-state index in [0.717, 1.165) is 23.0 Å². The van der Waals surface area contributed by atoms with Crippen molar-refractivity contribution in [3.8, 4) is 0 Å². The van der Waals surface area contributed by atoms with E-state index in [1.165, 1.54) is 0 Å². The molecule has 2 aromatic rings. The summed E-state index contributed by atoms with van der Waals surface area (Å²) in [5.41, 5.74) is 3.00. The topological polar surface area (TPSA) is 25.8 Å². The number of rotatable bonds is 2. The van der Waals surface area contributed by atoms with Gasteiger partial charge in [0.15, 0.2) is 0 Å². The van der Waals surface area contributed by atoms with Crippen LogP contribution in [0.5, 0.6) is 0 Å². The van der Waals surface area contributed by atoms with Gasteiger partial charge in [-0.15, -0.1) is 0 Å². The first-order valence-electron chi connectivity index (χ1n) is 4.77. The van der Waals surface area contributed by atoms with Crippen LogP contribution in [-0.4, -0.2) is 9.97 Å². The van der Waals surface area contributed by atoms with Crippen molar-refractivity contribution in [1.82, 2.24) is 9.97 Å². The van der Waals surface area contributed by atoms with Gasteiger partial charge in [0.25, 0.3) is 0 Å². The van der Waals surface area contributed by atoms with Gasteiger partial charge in [0.05, 0.1) is 11.0 Å². The zero-order chi connectivity index (χ0) is 9.80. The summed E-state index contributed by atoms with van der Waals surface area (Å²) in [4.78, 5) is 8.57. The smallest absolute Gasteiger partial charge is 0.0892 e. The molecular weight excluding hydrogens is 172 g/mol. The molecule has 0 spiro atoms. The van der Waals surface area contributed by atoms with Gasteiger partial charge in [-0.1, -0.05) is 19.1 Å². The summed E-state index contributed by atoms with van der Waals surface area (Å²) < 4.78 is 0. The van der Waals surface area contributed by atoms with Gasteiger partial charge in [-0.25, -0.2) is 0 Å². The van der Waals surface area contributed by atoms with E-state index < -0.39 is 0 Å². The molecule has 0 aliphatic heterocycles. The van der Waals surface area contributed by atoms with Gasteiger partial charge >= 0.3 is 0 Å². The van der Waals surface area contributed by atoms with Gasteiger partial charge in [-0.05, 0) is 30.2 Å². The SMILES string of the molecule is CC/C=C/c1cnc2cccnc2c1. The van der Waals surface area contributed by atoms with Gasteiger partial charge in [-0.2, -0.15) is 0 Å². The Bertz CT molecular complexity index is 461. The number of fused-ring (bicyclic) bond motifs is 1. The lowest BCUT2D eigenvalue weighted by molar-refractivity contribution is 1.23. The molecule has 0 amide bonds. The predicted octanol–water partition coefficient (Wildman–Crippen LogP) is 3.05. The highest BCUT2D eigenvalue weighted by Crippen LogP contribution is 2.10. The van der Waals surface area contributed by atoms with Gasteiger partial charge in [0, 0.05) is 12.4 Å². The van der Waals surface area contributed by atoms with Crippen LogP contribution in [0.3, 0.4) is 0 Å². The molecule has 0 unspecified atom stereocenters. The highest BCUT2D eigenvalue weighted by atomic mass is 14.7. The molecule has 0 saturated carbocycles. The van der Waals surface area contributed by atoms with Gasteiger partial charge in [0.1, 0.15) is 0 Å². The minimum Gasteiger partial charge on any atom is -0.255 e. The summed E-state index contributed by atoms with van der Waals surface area (Å²) in [6, 6.07) is 5.92. The van der Waals surface area contributed by atoms with Gasteiger partial charge in [0.2, 0.25) is 0 Å². The molecule has 0 radical (unpaired) electrons.